The largest absolute Gasteiger partial charge is 0.313 e. The second-order valence-electron chi connectivity index (χ2n) is 7.30. The van der Waals surface area contributed by atoms with Gasteiger partial charge in [0.25, 0.3) is 5.91 Å². The summed E-state index contributed by atoms with van der Waals surface area (Å²) in [6.45, 7) is 4.50. The number of amides is 1. The van der Waals surface area contributed by atoms with E-state index in [1.807, 2.05) is 23.0 Å². The lowest BCUT2D eigenvalue weighted by Gasteiger charge is -2.21. The van der Waals surface area contributed by atoms with Crippen molar-refractivity contribution in [3.05, 3.63) is 65.7 Å². The number of rotatable bonds is 6. The molecule has 1 atom stereocenters. The SMILES string of the molecule is C=CCn1c(=NC(=O)C2CCCN2S(=O)(=O)c2ccc(F)cc2)sc2cc(SC)ccc21. The quantitative estimate of drug-likeness (QED) is 0.386. The Hall–Kier alpha value is -2.27. The van der Waals surface area contributed by atoms with Crippen LogP contribution in [0.2, 0.25) is 0 Å². The minimum Gasteiger partial charge on any atom is -0.313 e. The van der Waals surface area contributed by atoms with Gasteiger partial charge in [-0.1, -0.05) is 17.4 Å². The Labute approximate surface area is 194 Å². The zero-order valence-corrected chi connectivity index (χ0v) is 19.9. The predicted molar refractivity (Wildman–Crippen MR) is 126 cm³/mol. The number of nitrogens with zero attached hydrogens (tertiary/aromatic N) is 3. The van der Waals surface area contributed by atoms with Gasteiger partial charge in [-0.2, -0.15) is 9.30 Å². The molecule has 3 aromatic rings. The minimum absolute atomic E-state index is 0.0354. The van der Waals surface area contributed by atoms with Crippen LogP contribution in [0.3, 0.4) is 0 Å². The third kappa shape index (κ3) is 4.32. The maximum absolute atomic E-state index is 13.2. The summed E-state index contributed by atoms with van der Waals surface area (Å²) in [6, 6.07) is 9.81. The van der Waals surface area contributed by atoms with Crippen LogP contribution in [-0.4, -0.2) is 42.0 Å². The van der Waals surface area contributed by atoms with Gasteiger partial charge >= 0.3 is 0 Å². The van der Waals surface area contributed by atoms with Gasteiger partial charge in [0.1, 0.15) is 11.9 Å². The molecule has 1 aliphatic heterocycles. The average molecular weight is 492 g/mol. The van der Waals surface area contributed by atoms with E-state index >= 15 is 0 Å². The van der Waals surface area contributed by atoms with Gasteiger partial charge in [-0.3, -0.25) is 4.79 Å². The normalized spacial score (nSPS) is 17.8. The Morgan fingerprint density at radius 2 is 2.06 bits per heavy atom. The number of thioether (sulfide) groups is 1. The second kappa shape index (κ2) is 9.30. The van der Waals surface area contributed by atoms with Gasteiger partial charge in [0.05, 0.1) is 15.1 Å². The zero-order chi connectivity index (χ0) is 22.9. The molecule has 0 saturated carbocycles. The van der Waals surface area contributed by atoms with Crippen molar-refractivity contribution in [2.24, 2.45) is 4.99 Å². The van der Waals surface area contributed by atoms with Crippen molar-refractivity contribution in [1.29, 1.82) is 0 Å². The van der Waals surface area contributed by atoms with Gasteiger partial charge in [0, 0.05) is 18.0 Å². The van der Waals surface area contributed by atoms with E-state index in [9.17, 15) is 17.6 Å². The van der Waals surface area contributed by atoms with Crippen LogP contribution in [0.1, 0.15) is 12.8 Å². The van der Waals surface area contributed by atoms with E-state index in [1.54, 1.807) is 17.8 Å². The molecular weight excluding hydrogens is 469 g/mol. The van der Waals surface area contributed by atoms with E-state index in [0.717, 1.165) is 27.2 Å². The van der Waals surface area contributed by atoms with Crippen molar-refractivity contribution < 1.29 is 17.6 Å². The molecule has 0 spiro atoms. The topological polar surface area (TPSA) is 71.7 Å². The molecule has 4 rings (SSSR count). The van der Waals surface area contributed by atoms with Crippen LogP contribution in [0.5, 0.6) is 0 Å². The number of hydrogen-bond acceptors (Lipinski definition) is 5. The first-order valence-corrected chi connectivity index (χ1v) is 13.5. The maximum Gasteiger partial charge on any atom is 0.266 e. The molecule has 0 aliphatic carbocycles. The number of aromatic nitrogens is 1. The molecule has 168 valence electrons. The molecule has 1 saturated heterocycles. The lowest BCUT2D eigenvalue weighted by atomic mass is 10.2. The third-order valence-electron chi connectivity index (χ3n) is 5.32. The molecule has 1 amide bonds. The van der Waals surface area contributed by atoms with E-state index in [2.05, 4.69) is 17.6 Å². The number of allylic oxidation sites excluding steroid dienone is 1. The van der Waals surface area contributed by atoms with Crippen LogP contribution in [0.15, 0.2) is 69.9 Å². The second-order valence-corrected chi connectivity index (χ2v) is 11.1. The fourth-order valence-electron chi connectivity index (χ4n) is 3.76. The van der Waals surface area contributed by atoms with Crippen molar-refractivity contribution in [3.8, 4) is 0 Å². The summed E-state index contributed by atoms with van der Waals surface area (Å²) in [6.07, 6.45) is 4.69. The van der Waals surface area contributed by atoms with Gasteiger partial charge in [-0.25, -0.2) is 12.8 Å². The molecule has 1 aromatic heterocycles. The lowest BCUT2D eigenvalue weighted by Crippen LogP contribution is -2.40. The highest BCUT2D eigenvalue weighted by molar-refractivity contribution is 7.98. The average Bonchev–Trinajstić information content (AvgIpc) is 3.40. The summed E-state index contributed by atoms with van der Waals surface area (Å²) in [5.41, 5.74) is 0.946. The summed E-state index contributed by atoms with van der Waals surface area (Å²) in [5.74, 6) is -1.02. The van der Waals surface area contributed by atoms with E-state index in [0.29, 0.717) is 24.2 Å². The fourth-order valence-corrected chi connectivity index (χ4v) is 7.01. The molecule has 0 bridgehead atoms. The number of fused-ring (bicyclic) bond motifs is 1. The number of benzene rings is 2. The molecular formula is C22H22FN3O3S3. The molecule has 2 aromatic carbocycles. The maximum atomic E-state index is 13.2. The van der Waals surface area contributed by atoms with Crippen LogP contribution in [0.4, 0.5) is 4.39 Å². The lowest BCUT2D eigenvalue weighted by molar-refractivity contribution is -0.121. The van der Waals surface area contributed by atoms with Crippen LogP contribution in [-0.2, 0) is 21.4 Å². The van der Waals surface area contributed by atoms with Crippen molar-refractivity contribution in [2.75, 3.05) is 12.8 Å². The molecule has 10 heteroatoms. The van der Waals surface area contributed by atoms with E-state index in [-0.39, 0.29) is 11.4 Å². The summed E-state index contributed by atoms with van der Waals surface area (Å²) in [5, 5.41) is 0. The summed E-state index contributed by atoms with van der Waals surface area (Å²) >= 11 is 3.02. The molecule has 0 N–H and O–H groups in total. The van der Waals surface area contributed by atoms with Crippen LogP contribution < -0.4 is 4.80 Å². The molecule has 1 unspecified atom stereocenters. The number of halogens is 1. The van der Waals surface area contributed by atoms with Gasteiger partial charge in [0.2, 0.25) is 10.0 Å². The van der Waals surface area contributed by atoms with E-state index < -0.39 is 27.8 Å². The van der Waals surface area contributed by atoms with Gasteiger partial charge in [-0.15, -0.1) is 18.3 Å². The third-order valence-corrected chi connectivity index (χ3v) is 9.01. The van der Waals surface area contributed by atoms with Crippen molar-refractivity contribution in [2.45, 2.75) is 35.2 Å². The van der Waals surface area contributed by atoms with Gasteiger partial charge < -0.3 is 4.57 Å². The van der Waals surface area contributed by atoms with Crippen molar-refractivity contribution >= 4 is 49.2 Å². The molecule has 2 heterocycles. The highest BCUT2D eigenvalue weighted by Crippen LogP contribution is 2.28. The Morgan fingerprint density at radius 1 is 1.31 bits per heavy atom. The Kier molecular flexibility index (Phi) is 6.66. The summed E-state index contributed by atoms with van der Waals surface area (Å²) < 4.78 is 43.5. The first-order chi connectivity index (χ1) is 15.3. The summed E-state index contributed by atoms with van der Waals surface area (Å²) in [7, 11) is -3.93. The van der Waals surface area contributed by atoms with Gasteiger partial charge in [0.15, 0.2) is 4.80 Å². The fraction of sp³-hybridized carbons (Fsp3) is 0.273. The first-order valence-electron chi connectivity index (χ1n) is 9.99. The number of carbonyl (C=O) groups is 1. The Balaban J connectivity index is 1.72. The van der Waals surface area contributed by atoms with Crippen LogP contribution in [0, 0.1) is 5.82 Å². The molecule has 1 fully saturated rings. The minimum atomic E-state index is -3.93. The van der Waals surface area contributed by atoms with Gasteiger partial charge in [-0.05, 0) is 61.6 Å². The summed E-state index contributed by atoms with van der Waals surface area (Å²) in [4.78, 5) is 19.1. The van der Waals surface area contributed by atoms with E-state index in [1.165, 1.54) is 27.8 Å². The molecule has 6 nitrogen and oxygen atoms in total. The van der Waals surface area contributed by atoms with Crippen LogP contribution >= 0.6 is 23.1 Å². The monoisotopic (exact) mass is 491 g/mol. The van der Waals surface area contributed by atoms with E-state index in [4.69, 9.17) is 0 Å². The first kappa shape index (κ1) is 22.9. The molecule has 1 aliphatic rings. The smallest absolute Gasteiger partial charge is 0.266 e. The van der Waals surface area contributed by atoms with Crippen LogP contribution in [0.25, 0.3) is 10.2 Å². The Bertz CT molecular complexity index is 1340. The predicted octanol–water partition coefficient (Wildman–Crippen LogP) is 4.03. The number of thiazole rings is 1. The number of hydrogen-bond donors (Lipinski definition) is 0. The standard InChI is InChI=1S/C22H22FN3O3S3/c1-3-12-25-18-11-8-16(30-2)14-20(18)31-22(25)24-21(27)19-5-4-13-26(19)32(28,29)17-9-6-15(23)7-10-17/h3,6-11,14,19H,1,4-5,12-13H2,2H3. The number of sulfonamides is 1. The van der Waals surface area contributed by atoms with Crippen molar-refractivity contribution in [3.63, 3.8) is 0 Å². The highest BCUT2D eigenvalue weighted by Gasteiger charge is 2.39. The molecule has 32 heavy (non-hydrogen) atoms. The Morgan fingerprint density at radius 3 is 2.75 bits per heavy atom. The number of carbonyl (C=O) groups excluding carboxylic acids is 1. The highest BCUT2D eigenvalue weighted by atomic mass is 32.2. The molecule has 0 radical (unpaired) electrons. The van der Waals surface area contributed by atoms with Crippen molar-refractivity contribution in [1.82, 2.24) is 8.87 Å². The zero-order valence-electron chi connectivity index (χ0n) is 17.4.